The fraction of sp³-hybridized carbons (Fsp3) is 0.923. The molecule has 0 bridgehead atoms. The maximum atomic E-state index is 12.3. The van der Waals surface area contributed by atoms with Gasteiger partial charge in [-0.05, 0) is 32.1 Å². The van der Waals surface area contributed by atoms with Crippen LogP contribution in [0.15, 0.2) is 0 Å². The molecule has 4 heteroatoms. The number of carbonyl (C=O) groups excluding carboxylic acids is 1. The zero-order valence-corrected chi connectivity index (χ0v) is 11.3. The average molecular weight is 242 g/mol. The Labute approximate surface area is 104 Å². The summed E-state index contributed by atoms with van der Waals surface area (Å²) in [5.41, 5.74) is 5.95. The van der Waals surface area contributed by atoms with Crippen molar-refractivity contribution in [3.8, 4) is 0 Å². The van der Waals surface area contributed by atoms with Crippen LogP contribution < -0.4 is 5.73 Å². The highest BCUT2D eigenvalue weighted by Gasteiger charge is 2.32. The predicted octanol–water partition coefficient (Wildman–Crippen LogP) is 1.24. The van der Waals surface area contributed by atoms with E-state index in [2.05, 4.69) is 6.92 Å². The van der Waals surface area contributed by atoms with Crippen LogP contribution in [-0.2, 0) is 9.53 Å². The highest BCUT2D eigenvalue weighted by Crippen LogP contribution is 2.30. The normalized spacial score (nSPS) is 29.1. The summed E-state index contributed by atoms with van der Waals surface area (Å²) < 4.78 is 5.27. The molecular weight excluding hydrogens is 216 g/mol. The van der Waals surface area contributed by atoms with Crippen molar-refractivity contribution >= 4 is 5.91 Å². The molecule has 0 aromatic heterocycles. The van der Waals surface area contributed by atoms with E-state index in [0.29, 0.717) is 25.7 Å². The van der Waals surface area contributed by atoms with Crippen molar-refractivity contribution in [2.75, 3.05) is 26.8 Å². The summed E-state index contributed by atoms with van der Waals surface area (Å²) in [5.74, 6) is 0.787. The first kappa shape index (κ1) is 14.5. The summed E-state index contributed by atoms with van der Waals surface area (Å²) in [4.78, 5) is 14.0. The van der Waals surface area contributed by atoms with E-state index >= 15 is 0 Å². The quantitative estimate of drug-likeness (QED) is 0.738. The van der Waals surface area contributed by atoms with Gasteiger partial charge in [0.25, 0.3) is 0 Å². The minimum Gasteiger partial charge on any atom is -0.380 e. The van der Waals surface area contributed by atoms with E-state index in [-0.39, 0.29) is 17.9 Å². The van der Waals surface area contributed by atoms with Crippen LogP contribution in [0.25, 0.3) is 0 Å². The largest absolute Gasteiger partial charge is 0.380 e. The van der Waals surface area contributed by atoms with Crippen LogP contribution in [0.4, 0.5) is 0 Å². The molecule has 2 N–H and O–H groups in total. The van der Waals surface area contributed by atoms with Crippen LogP contribution in [0, 0.1) is 11.8 Å². The van der Waals surface area contributed by atoms with Gasteiger partial charge in [-0.3, -0.25) is 4.79 Å². The van der Waals surface area contributed by atoms with Crippen LogP contribution in [0.3, 0.4) is 0 Å². The van der Waals surface area contributed by atoms with E-state index in [1.807, 2.05) is 14.0 Å². The Kier molecular flexibility index (Phi) is 5.92. The molecule has 0 aromatic rings. The molecule has 0 radical (unpaired) electrons. The van der Waals surface area contributed by atoms with Gasteiger partial charge < -0.3 is 15.4 Å². The van der Waals surface area contributed by atoms with Gasteiger partial charge >= 0.3 is 0 Å². The smallest absolute Gasteiger partial charge is 0.225 e. The Morgan fingerprint density at radius 1 is 1.47 bits per heavy atom. The lowest BCUT2D eigenvalue weighted by Crippen LogP contribution is -2.43. The Balaban J connectivity index is 2.43. The van der Waals surface area contributed by atoms with Crippen molar-refractivity contribution in [3.05, 3.63) is 0 Å². The number of nitrogens with two attached hydrogens (primary N) is 1. The molecule has 3 atom stereocenters. The Bertz CT molecular complexity index is 246. The first-order valence-corrected chi connectivity index (χ1v) is 6.64. The van der Waals surface area contributed by atoms with Crippen molar-refractivity contribution in [2.45, 2.75) is 39.2 Å². The lowest BCUT2D eigenvalue weighted by atomic mass is 9.77. The fourth-order valence-electron chi connectivity index (χ4n) is 2.44. The molecule has 100 valence electrons. The van der Waals surface area contributed by atoms with Gasteiger partial charge in [0.1, 0.15) is 0 Å². The standard InChI is InChI=1S/C13H26N2O2/c1-4-17-8-7-15(3)13(16)12-9-11(14)6-5-10(12)2/h10-12H,4-9,14H2,1-3H3. The molecule has 0 heterocycles. The minimum atomic E-state index is 0.102. The van der Waals surface area contributed by atoms with Crippen molar-refractivity contribution in [3.63, 3.8) is 0 Å². The zero-order valence-electron chi connectivity index (χ0n) is 11.3. The number of ether oxygens (including phenoxy) is 1. The van der Waals surface area contributed by atoms with E-state index < -0.39 is 0 Å². The summed E-state index contributed by atoms with van der Waals surface area (Å²) in [7, 11) is 1.86. The van der Waals surface area contributed by atoms with Gasteiger partial charge in [-0.15, -0.1) is 0 Å². The number of rotatable bonds is 5. The van der Waals surface area contributed by atoms with E-state index in [9.17, 15) is 4.79 Å². The molecule has 0 aromatic carbocycles. The lowest BCUT2D eigenvalue weighted by molar-refractivity contribution is -0.137. The van der Waals surface area contributed by atoms with Gasteiger partial charge in [-0.2, -0.15) is 0 Å². The van der Waals surface area contributed by atoms with Crippen LogP contribution in [-0.4, -0.2) is 43.7 Å². The molecule has 3 unspecified atom stereocenters. The molecule has 0 aliphatic heterocycles. The van der Waals surface area contributed by atoms with Gasteiger partial charge in [0, 0.05) is 32.2 Å². The lowest BCUT2D eigenvalue weighted by Gasteiger charge is -2.34. The maximum absolute atomic E-state index is 12.3. The third-order valence-corrected chi connectivity index (χ3v) is 3.70. The summed E-state index contributed by atoms with van der Waals surface area (Å²) in [5, 5.41) is 0. The molecular formula is C13H26N2O2. The minimum absolute atomic E-state index is 0.102. The van der Waals surface area contributed by atoms with E-state index in [1.165, 1.54) is 0 Å². The van der Waals surface area contributed by atoms with E-state index in [0.717, 1.165) is 19.3 Å². The summed E-state index contributed by atoms with van der Waals surface area (Å²) in [6.07, 6.45) is 2.95. The summed E-state index contributed by atoms with van der Waals surface area (Å²) in [6.45, 7) is 6.11. The van der Waals surface area contributed by atoms with Crippen molar-refractivity contribution < 1.29 is 9.53 Å². The Morgan fingerprint density at radius 3 is 2.82 bits per heavy atom. The Hall–Kier alpha value is -0.610. The van der Waals surface area contributed by atoms with Crippen LogP contribution in [0.5, 0.6) is 0 Å². The molecule has 1 saturated carbocycles. The molecule has 4 nitrogen and oxygen atoms in total. The number of carbonyl (C=O) groups is 1. The number of amides is 1. The first-order valence-electron chi connectivity index (χ1n) is 6.64. The highest BCUT2D eigenvalue weighted by atomic mass is 16.5. The zero-order chi connectivity index (χ0) is 12.8. The van der Waals surface area contributed by atoms with Crippen LogP contribution in [0.2, 0.25) is 0 Å². The van der Waals surface area contributed by atoms with Gasteiger partial charge in [-0.1, -0.05) is 6.92 Å². The maximum Gasteiger partial charge on any atom is 0.225 e. The Morgan fingerprint density at radius 2 is 2.18 bits per heavy atom. The third kappa shape index (κ3) is 4.28. The van der Waals surface area contributed by atoms with E-state index in [1.54, 1.807) is 4.90 Å². The van der Waals surface area contributed by atoms with Gasteiger partial charge in [0.15, 0.2) is 0 Å². The SMILES string of the molecule is CCOCCN(C)C(=O)C1CC(N)CCC1C. The highest BCUT2D eigenvalue weighted by molar-refractivity contribution is 5.79. The van der Waals surface area contributed by atoms with Crippen molar-refractivity contribution in [2.24, 2.45) is 17.6 Å². The number of hydrogen-bond acceptors (Lipinski definition) is 3. The fourth-order valence-corrected chi connectivity index (χ4v) is 2.44. The molecule has 1 aliphatic rings. The van der Waals surface area contributed by atoms with E-state index in [4.69, 9.17) is 10.5 Å². The summed E-state index contributed by atoms with van der Waals surface area (Å²) in [6, 6.07) is 0.195. The molecule has 1 amide bonds. The van der Waals surface area contributed by atoms with Gasteiger partial charge in [0.2, 0.25) is 5.91 Å². The average Bonchev–Trinajstić information content (AvgIpc) is 2.31. The predicted molar refractivity (Wildman–Crippen MR) is 68.6 cm³/mol. The third-order valence-electron chi connectivity index (χ3n) is 3.70. The second-order valence-electron chi connectivity index (χ2n) is 5.11. The van der Waals surface area contributed by atoms with Crippen LogP contribution >= 0.6 is 0 Å². The van der Waals surface area contributed by atoms with Gasteiger partial charge in [0.05, 0.1) is 6.61 Å². The molecule has 0 saturated heterocycles. The summed E-state index contributed by atoms with van der Waals surface area (Å²) >= 11 is 0. The monoisotopic (exact) mass is 242 g/mol. The number of nitrogens with zero attached hydrogens (tertiary/aromatic N) is 1. The number of likely N-dealkylation sites (N-methyl/N-ethyl adjacent to an activating group) is 1. The van der Waals surface area contributed by atoms with Gasteiger partial charge in [-0.25, -0.2) is 0 Å². The molecule has 0 spiro atoms. The second kappa shape index (κ2) is 6.97. The molecule has 1 fully saturated rings. The topological polar surface area (TPSA) is 55.6 Å². The van der Waals surface area contributed by atoms with Crippen molar-refractivity contribution in [1.82, 2.24) is 4.90 Å². The molecule has 1 rings (SSSR count). The number of hydrogen-bond donors (Lipinski definition) is 1. The van der Waals surface area contributed by atoms with Crippen molar-refractivity contribution in [1.29, 1.82) is 0 Å². The second-order valence-corrected chi connectivity index (χ2v) is 5.11. The van der Waals surface area contributed by atoms with Crippen LogP contribution in [0.1, 0.15) is 33.1 Å². The molecule has 1 aliphatic carbocycles. The molecule has 17 heavy (non-hydrogen) atoms. The first-order chi connectivity index (χ1) is 8.06.